The average Bonchev–Trinajstić information content (AvgIpc) is 3.40. The van der Waals surface area contributed by atoms with Crippen LogP contribution in [0.1, 0.15) is 16.2 Å². The predicted molar refractivity (Wildman–Crippen MR) is 111 cm³/mol. The number of anilines is 1. The van der Waals surface area contributed by atoms with Gasteiger partial charge >= 0.3 is 0 Å². The third kappa shape index (κ3) is 3.60. The number of amides is 1. The molecule has 0 fully saturated rings. The van der Waals surface area contributed by atoms with Crippen molar-refractivity contribution in [3.63, 3.8) is 0 Å². The van der Waals surface area contributed by atoms with Crippen molar-refractivity contribution < 1.29 is 14.3 Å². The van der Waals surface area contributed by atoms with E-state index >= 15 is 0 Å². The number of rotatable bonds is 6. The summed E-state index contributed by atoms with van der Waals surface area (Å²) in [7, 11) is 3.20. The highest BCUT2D eigenvalue weighted by atomic mass is 16.5. The van der Waals surface area contributed by atoms with E-state index in [1.165, 1.54) is 0 Å². The Labute approximate surface area is 172 Å². The van der Waals surface area contributed by atoms with Crippen LogP contribution in [0, 0.1) is 6.92 Å². The van der Waals surface area contributed by atoms with Crippen molar-refractivity contribution >= 4 is 11.7 Å². The van der Waals surface area contributed by atoms with Gasteiger partial charge in [-0.25, -0.2) is 4.68 Å². The van der Waals surface area contributed by atoms with Gasteiger partial charge in [-0.1, -0.05) is 23.4 Å². The fraction of sp³-hybridized carbons (Fsp3) is 0.143. The summed E-state index contributed by atoms with van der Waals surface area (Å²) in [6, 6.07) is 16.6. The van der Waals surface area contributed by atoms with Gasteiger partial charge in [0.15, 0.2) is 11.5 Å². The van der Waals surface area contributed by atoms with Crippen LogP contribution in [0.2, 0.25) is 0 Å². The topological polar surface area (TPSA) is 107 Å². The lowest BCUT2D eigenvalue weighted by molar-refractivity contribution is 0.102. The standard InChI is InChI=1S/C21H20N6O3/c1-13-20(25-26-27(13)14-7-6-8-15(11-14)29-2)21(28)22-19-12-17(23-24-19)16-9-4-5-10-18(16)30-3/h4-12H,1-3H3,(H2,22,23,24,28). The minimum Gasteiger partial charge on any atom is -0.497 e. The molecule has 4 rings (SSSR count). The molecule has 30 heavy (non-hydrogen) atoms. The molecular weight excluding hydrogens is 384 g/mol. The van der Waals surface area contributed by atoms with Crippen LogP contribution >= 0.6 is 0 Å². The number of aromatic amines is 1. The number of aromatic nitrogens is 5. The van der Waals surface area contributed by atoms with Gasteiger partial charge < -0.3 is 14.8 Å². The zero-order chi connectivity index (χ0) is 21.1. The van der Waals surface area contributed by atoms with E-state index in [0.29, 0.717) is 23.0 Å². The largest absolute Gasteiger partial charge is 0.497 e. The fourth-order valence-electron chi connectivity index (χ4n) is 3.09. The first-order valence-electron chi connectivity index (χ1n) is 9.17. The van der Waals surface area contributed by atoms with Crippen LogP contribution in [-0.4, -0.2) is 45.3 Å². The Hall–Kier alpha value is -4.14. The van der Waals surface area contributed by atoms with Gasteiger partial charge in [0.2, 0.25) is 0 Å². The molecule has 2 N–H and O–H groups in total. The summed E-state index contributed by atoms with van der Waals surface area (Å²) in [6.45, 7) is 1.78. The molecular formula is C21H20N6O3. The molecule has 152 valence electrons. The Morgan fingerprint density at radius 3 is 2.70 bits per heavy atom. The molecule has 0 radical (unpaired) electrons. The van der Waals surface area contributed by atoms with Gasteiger partial charge in [0, 0.05) is 17.7 Å². The van der Waals surface area contributed by atoms with Crippen LogP contribution in [0.25, 0.3) is 16.9 Å². The molecule has 0 aliphatic carbocycles. The second-order valence-corrected chi connectivity index (χ2v) is 6.46. The molecule has 0 aliphatic rings. The quantitative estimate of drug-likeness (QED) is 0.511. The molecule has 2 aromatic heterocycles. The van der Waals surface area contributed by atoms with Gasteiger partial charge in [-0.15, -0.1) is 5.10 Å². The first-order chi connectivity index (χ1) is 14.6. The van der Waals surface area contributed by atoms with Crippen LogP contribution in [0.4, 0.5) is 5.82 Å². The number of nitrogens with one attached hydrogen (secondary N) is 2. The molecule has 4 aromatic rings. The van der Waals surface area contributed by atoms with Crippen molar-refractivity contribution in [3.05, 3.63) is 66.0 Å². The summed E-state index contributed by atoms with van der Waals surface area (Å²) >= 11 is 0. The van der Waals surface area contributed by atoms with E-state index in [1.54, 1.807) is 31.9 Å². The highest BCUT2D eigenvalue weighted by Crippen LogP contribution is 2.29. The van der Waals surface area contributed by atoms with E-state index in [4.69, 9.17) is 9.47 Å². The van der Waals surface area contributed by atoms with Gasteiger partial charge in [-0.3, -0.25) is 9.89 Å². The second kappa shape index (κ2) is 8.08. The predicted octanol–water partition coefficient (Wildman–Crippen LogP) is 3.24. The fourth-order valence-corrected chi connectivity index (χ4v) is 3.09. The highest BCUT2D eigenvalue weighted by Gasteiger charge is 2.19. The van der Waals surface area contributed by atoms with Gasteiger partial charge in [0.1, 0.15) is 11.5 Å². The monoisotopic (exact) mass is 404 g/mol. The molecule has 0 bridgehead atoms. The molecule has 0 aliphatic heterocycles. The summed E-state index contributed by atoms with van der Waals surface area (Å²) in [5, 5.41) is 18.0. The van der Waals surface area contributed by atoms with Crippen molar-refractivity contribution in [2.45, 2.75) is 6.92 Å². The lowest BCUT2D eigenvalue weighted by atomic mass is 10.1. The number of hydrogen-bond acceptors (Lipinski definition) is 6. The lowest BCUT2D eigenvalue weighted by Gasteiger charge is -2.06. The number of methoxy groups -OCH3 is 2. The molecule has 9 heteroatoms. The normalized spacial score (nSPS) is 10.6. The van der Waals surface area contributed by atoms with E-state index in [9.17, 15) is 4.79 Å². The smallest absolute Gasteiger partial charge is 0.279 e. The van der Waals surface area contributed by atoms with Crippen LogP contribution in [0.3, 0.4) is 0 Å². The summed E-state index contributed by atoms with van der Waals surface area (Å²) in [5.41, 5.74) is 3.12. The van der Waals surface area contributed by atoms with E-state index in [2.05, 4.69) is 25.8 Å². The molecule has 0 atom stereocenters. The lowest BCUT2D eigenvalue weighted by Crippen LogP contribution is -2.14. The maximum absolute atomic E-state index is 12.7. The third-order valence-corrected chi connectivity index (χ3v) is 4.62. The molecule has 0 spiro atoms. The Morgan fingerprint density at radius 2 is 1.90 bits per heavy atom. The Morgan fingerprint density at radius 1 is 1.07 bits per heavy atom. The average molecular weight is 404 g/mol. The minimum absolute atomic E-state index is 0.208. The number of para-hydroxylation sites is 1. The Kier molecular flexibility index (Phi) is 5.17. The number of benzene rings is 2. The maximum Gasteiger partial charge on any atom is 0.279 e. The highest BCUT2D eigenvalue weighted by molar-refractivity contribution is 6.03. The molecule has 2 aromatic carbocycles. The zero-order valence-electron chi connectivity index (χ0n) is 16.7. The van der Waals surface area contributed by atoms with Crippen LogP contribution in [0.15, 0.2) is 54.6 Å². The summed E-state index contributed by atoms with van der Waals surface area (Å²) in [5.74, 6) is 1.36. The van der Waals surface area contributed by atoms with Crippen molar-refractivity contribution in [2.24, 2.45) is 0 Å². The first kappa shape index (κ1) is 19.2. The van der Waals surface area contributed by atoms with Crippen molar-refractivity contribution in [1.29, 1.82) is 0 Å². The Bertz CT molecular complexity index is 1200. The number of carbonyl (C=O) groups excluding carboxylic acids is 1. The summed E-state index contributed by atoms with van der Waals surface area (Å²) < 4.78 is 12.2. The molecule has 9 nitrogen and oxygen atoms in total. The molecule has 2 heterocycles. The van der Waals surface area contributed by atoms with Crippen LogP contribution in [0.5, 0.6) is 11.5 Å². The van der Waals surface area contributed by atoms with Gasteiger partial charge in [0.25, 0.3) is 5.91 Å². The Balaban J connectivity index is 1.55. The number of H-pyrrole nitrogens is 1. The number of ether oxygens (including phenoxy) is 2. The van der Waals surface area contributed by atoms with Crippen LogP contribution in [-0.2, 0) is 0 Å². The first-order valence-corrected chi connectivity index (χ1v) is 9.17. The summed E-state index contributed by atoms with van der Waals surface area (Å²) in [4.78, 5) is 12.7. The van der Waals surface area contributed by atoms with Gasteiger partial charge in [0.05, 0.1) is 31.3 Å². The van der Waals surface area contributed by atoms with Crippen molar-refractivity contribution in [3.8, 4) is 28.4 Å². The maximum atomic E-state index is 12.7. The van der Waals surface area contributed by atoms with Crippen LogP contribution < -0.4 is 14.8 Å². The van der Waals surface area contributed by atoms with Crippen molar-refractivity contribution in [2.75, 3.05) is 19.5 Å². The second-order valence-electron chi connectivity index (χ2n) is 6.46. The molecule has 0 saturated carbocycles. The molecule has 0 unspecified atom stereocenters. The van der Waals surface area contributed by atoms with E-state index in [-0.39, 0.29) is 5.69 Å². The summed E-state index contributed by atoms with van der Waals surface area (Å²) in [6.07, 6.45) is 0. The van der Waals surface area contributed by atoms with Crippen molar-refractivity contribution in [1.82, 2.24) is 25.2 Å². The number of nitrogens with zero attached hydrogens (tertiary/aromatic N) is 4. The number of hydrogen-bond donors (Lipinski definition) is 2. The van der Waals surface area contributed by atoms with E-state index in [0.717, 1.165) is 16.9 Å². The van der Waals surface area contributed by atoms with Gasteiger partial charge in [-0.05, 0) is 31.2 Å². The van der Waals surface area contributed by atoms with E-state index < -0.39 is 5.91 Å². The SMILES string of the molecule is COc1cccc(-n2nnc(C(=O)Nc3cc(-c4ccccc4OC)[nH]n3)c2C)c1. The van der Waals surface area contributed by atoms with Gasteiger partial charge in [-0.2, -0.15) is 5.10 Å². The number of carbonyl (C=O) groups is 1. The third-order valence-electron chi connectivity index (χ3n) is 4.62. The minimum atomic E-state index is -0.403. The zero-order valence-corrected chi connectivity index (χ0v) is 16.7. The van der Waals surface area contributed by atoms with E-state index in [1.807, 2.05) is 48.5 Å². The molecule has 1 amide bonds. The molecule has 0 saturated heterocycles.